The topological polar surface area (TPSA) is 81.0 Å². The first kappa shape index (κ1) is 15.2. The van der Waals surface area contributed by atoms with Crippen LogP contribution in [0.3, 0.4) is 0 Å². The summed E-state index contributed by atoms with van der Waals surface area (Å²) in [5.74, 6) is -0.0259. The van der Waals surface area contributed by atoms with Crippen LogP contribution in [0.2, 0.25) is 0 Å². The van der Waals surface area contributed by atoms with Crippen molar-refractivity contribution in [2.75, 3.05) is 6.54 Å². The molecule has 2 aromatic carbocycles. The zero-order chi connectivity index (χ0) is 17.2. The van der Waals surface area contributed by atoms with Crippen LogP contribution in [-0.4, -0.2) is 43.5 Å². The molecule has 0 saturated heterocycles. The van der Waals surface area contributed by atoms with Gasteiger partial charge in [-0.2, -0.15) is 4.80 Å². The van der Waals surface area contributed by atoms with Gasteiger partial charge in [-0.15, -0.1) is 10.2 Å². The van der Waals surface area contributed by atoms with E-state index in [2.05, 4.69) is 15.4 Å². The highest BCUT2D eigenvalue weighted by atomic mass is 16.2. The number of carbonyl (C=O) groups excluding carboxylic acids is 2. The molecule has 124 valence electrons. The van der Waals surface area contributed by atoms with Crippen molar-refractivity contribution in [3.63, 3.8) is 0 Å². The minimum atomic E-state index is -0.266. The Balaban J connectivity index is 1.41. The second kappa shape index (κ2) is 6.27. The number of aromatic nitrogens is 4. The highest BCUT2D eigenvalue weighted by Gasteiger charge is 2.34. The van der Waals surface area contributed by atoms with Crippen molar-refractivity contribution >= 4 is 11.8 Å². The lowest BCUT2D eigenvalue weighted by Crippen LogP contribution is -2.32. The lowest BCUT2D eigenvalue weighted by Gasteiger charge is -2.11. The summed E-state index contributed by atoms with van der Waals surface area (Å²) in [6.07, 6.45) is 0.375. The van der Waals surface area contributed by atoms with Crippen molar-refractivity contribution in [1.82, 2.24) is 25.1 Å². The Morgan fingerprint density at radius 1 is 0.840 bits per heavy atom. The van der Waals surface area contributed by atoms with Gasteiger partial charge in [0.05, 0.1) is 17.7 Å². The van der Waals surface area contributed by atoms with E-state index in [1.54, 1.807) is 24.3 Å². The molecular formula is C18H15N5O2. The lowest BCUT2D eigenvalue weighted by atomic mass is 10.1. The van der Waals surface area contributed by atoms with Crippen LogP contribution in [0.5, 0.6) is 0 Å². The zero-order valence-corrected chi connectivity index (χ0v) is 13.4. The number of benzene rings is 2. The first-order valence-electron chi connectivity index (χ1n) is 7.98. The minimum absolute atomic E-state index is 0.239. The normalized spacial score (nSPS) is 13.4. The molecule has 0 atom stereocenters. The fourth-order valence-electron chi connectivity index (χ4n) is 2.84. The van der Waals surface area contributed by atoms with Gasteiger partial charge in [0, 0.05) is 13.0 Å². The molecule has 0 radical (unpaired) electrons. The Morgan fingerprint density at radius 2 is 1.48 bits per heavy atom. The number of hydrogen-bond donors (Lipinski definition) is 0. The van der Waals surface area contributed by atoms with E-state index in [1.807, 2.05) is 30.3 Å². The third kappa shape index (κ3) is 2.91. The van der Waals surface area contributed by atoms with E-state index in [-0.39, 0.29) is 18.4 Å². The second-order valence-electron chi connectivity index (χ2n) is 5.78. The van der Waals surface area contributed by atoms with Crippen molar-refractivity contribution < 1.29 is 9.59 Å². The SMILES string of the molecule is O=C1c2ccccc2C(=O)N1CCc1nnn(Cc2ccccc2)n1. The molecule has 0 spiro atoms. The van der Waals surface area contributed by atoms with E-state index in [9.17, 15) is 9.59 Å². The Hall–Kier alpha value is -3.35. The number of carbonyl (C=O) groups is 2. The van der Waals surface area contributed by atoms with Gasteiger partial charge in [-0.1, -0.05) is 42.5 Å². The maximum atomic E-state index is 12.3. The van der Waals surface area contributed by atoms with Crippen LogP contribution in [0.1, 0.15) is 32.1 Å². The van der Waals surface area contributed by atoms with Gasteiger partial charge in [-0.25, -0.2) is 0 Å². The Kier molecular flexibility index (Phi) is 3.81. The van der Waals surface area contributed by atoms with Crippen LogP contribution in [0, 0.1) is 0 Å². The molecule has 1 aliphatic heterocycles. The Labute approximate surface area is 143 Å². The number of imide groups is 1. The van der Waals surface area contributed by atoms with Gasteiger partial charge in [0.15, 0.2) is 5.82 Å². The zero-order valence-electron chi connectivity index (χ0n) is 13.4. The summed E-state index contributed by atoms with van der Waals surface area (Å²) in [6, 6.07) is 16.7. The highest BCUT2D eigenvalue weighted by molar-refractivity contribution is 6.21. The molecule has 3 aromatic rings. The van der Waals surface area contributed by atoms with Crippen LogP contribution in [0.15, 0.2) is 54.6 Å². The first-order valence-corrected chi connectivity index (χ1v) is 7.98. The molecule has 4 rings (SSSR count). The molecule has 0 fully saturated rings. The molecule has 0 saturated carbocycles. The van der Waals surface area contributed by atoms with E-state index in [4.69, 9.17) is 0 Å². The molecule has 0 N–H and O–H groups in total. The van der Waals surface area contributed by atoms with E-state index in [0.29, 0.717) is 29.9 Å². The maximum absolute atomic E-state index is 12.3. The molecule has 1 aliphatic rings. The van der Waals surface area contributed by atoms with Crippen molar-refractivity contribution in [2.24, 2.45) is 0 Å². The van der Waals surface area contributed by atoms with Crippen molar-refractivity contribution in [2.45, 2.75) is 13.0 Å². The first-order chi connectivity index (χ1) is 12.2. The highest BCUT2D eigenvalue weighted by Crippen LogP contribution is 2.22. The molecule has 2 amide bonds. The van der Waals surface area contributed by atoms with Crippen LogP contribution in [0.4, 0.5) is 0 Å². The van der Waals surface area contributed by atoms with Crippen molar-refractivity contribution in [3.05, 3.63) is 77.1 Å². The fourth-order valence-corrected chi connectivity index (χ4v) is 2.84. The minimum Gasteiger partial charge on any atom is -0.274 e. The molecule has 0 bridgehead atoms. The van der Waals surface area contributed by atoms with Crippen LogP contribution in [0.25, 0.3) is 0 Å². The van der Waals surface area contributed by atoms with Gasteiger partial charge in [-0.3, -0.25) is 14.5 Å². The molecule has 7 nitrogen and oxygen atoms in total. The summed E-state index contributed by atoms with van der Waals surface area (Å²) >= 11 is 0. The van der Waals surface area contributed by atoms with E-state index < -0.39 is 0 Å². The predicted molar refractivity (Wildman–Crippen MR) is 88.9 cm³/mol. The lowest BCUT2D eigenvalue weighted by molar-refractivity contribution is 0.0655. The van der Waals surface area contributed by atoms with Crippen LogP contribution in [-0.2, 0) is 13.0 Å². The number of hydrogen-bond acceptors (Lipinski definition) is 5. The second-order valence-corrected chi connectivity index (χ2v) is 5.78. The molecule has 0 unspecified atom stereocenters. The van der Waals surface area contributed by atoms with Crippen molar-refractivity contribution in [3.8, 4) is 0 Å². The Bertz CT molecular complexity index is 900. The maximum Gasteiger partial charge on any atom is 0.261 e. The van der Waals surface area contributed by atoms with Gasteiger partial charge < -0.3 is 0 Å². The van der Waals surface area contributed by atoms with Crippen molar-refractivity contribution in [1.29, 1.82) is 0 Å². The smallest absolute Gasteiger partial charge is 0.261 e. The number of amides is 2. The van der Waals surface area contributed by atoms with E-state index >= 15 is 0 Å². The summed E-state index contributed by atoms with van der Waals surface area (Å²) in [5.41, 5.74) is 1.98. The largest absolute Gasteiger partial charge is 0.274 e. The molecule has 7 heteroatoms. The summed E-state index contributed by atoms with van der Waals surface area (Å²) in [6.45, 7) is 0.768. The average Bonchev–Trinajstić information content (AvgIpc) is 3.18. The van der Waals surface area contributed by atoms with Gasteiger partial charge in [0.1, 0.15) is 0 Å². The van der Waals surface area contributed by atoms with Crippen LogP contribution < -0.4 is 0 Å². The summed E-state index contributed by atoms with van der Waals surface area (Å²) in [5, 5.41) is 12.3. The predicted octanol–water partition coefficient (Wildman–Crippen LogP) is 1.56. The molecule has 1 aromatic heterocycles. The van der Waals surface area contributed by atoms with Gasteiger partial charge in [0.2, 0.25) is 0 Å². The molecule has 0 aliphatic carbocycles. The third-order valence-electron chi connectivity index (χ3n) is 4.10. The number of rotatable bonds is 5. The summed E-state index contributed by atoms with van der Waals surface area (Å²) < 4.78 is 0. The van der Waals surface area contributed by atoms with E-state index in [0.717, 1.165) is 5.56 Å². The number of tetrazole rings is 1. The molecule has 2 heterocycles. The Morgan fingerprint density at radius 3 is 2.16 bits per heavy atom. The van der Waals surface area contributed by atoms with Gasteiger partial charge >= 0.3 is 0 Å². The third-order valence-corrected chi connectivity index (χ3v) is 4.10. The fraction of sp³-hybridized carbons (Fsp3) is 0.167. The number of fused-ring (bicyclic) bond motifs is 1. The molecule has 25 heavy (non-hydrogen) atoms. The van der Waals surface area contributed by atoms with Gasteiger partial charge in [0.25, 0.3) is 11.8 Å². The average molecular weight is 333 g/mol. The standard InChI is InChI=1S/C18H15N5O2/c24-17-14-8-4-5-9-15(14)18(25)22(17)11-10-16-19-21-23(20-16)12-13-6-2-1-3-7-13/h1-9H,10-12H2. The van der Waals surface area contributed by atoms with Crippen LogP contribution >= 0.6 is 0 Å². The van der Waals surface area contributed by atoms with Gasteiger partial charge in [-0.05, 0) is 22.9 Å². The summed E-state index contributed by atoms with van der Waals surface area (Å²) in [4.78, 5) is 27.4. The number of nitrogens with zero attached hydrogens (tertiary/aromatic N) is 5. The molecular weight excluding hydrogens is 318 g/mol. The quantitative estimate of drug-likeness (QED) is 0.662. The van der Waals surface area contributed by atoms with E-state index in [1.165, 1.54) is 9.70 Å². The monoisotopic (exact) mass is 333 g/mol. The summed E-state index contributed by atoms with van der Waals surface area (Å²) in [7, 11) is 0.